The molecule has 2 aliphatic heterocycles. The minimum atomic E-state index is -0.188. The van der Waals surface area contributed by atoms with Crippen LogP contribution in [0.5, 0.6) is 0 Å². The number of nitrogens with zero attached hydrogens (tertiary/aromatic N) is 2. The first-order valence-electron chi connectivity index (χ1n) is 8.23. The van der Waals surface area contributed by atoms with Gasteiger partial charge in [0, 0.05) is 38.8 Å². The summed E-state index contributed by atoms with van der Waals surface area (Å²) in [6, 6.07) is 7.11. The van der Waals surface area contributed by atoms with Crippen LogP contribution in [-0.2, 0) is 6.54 Å². The number of hydrogen-bond acceptors (Lipinski definition) is 2. The van der Waals surface area contributed by atoms with Gasteiger partial charge in [-0.15, -0.1) is 0 Å². The van der Waals surface area contributed by atoms with Crippen LogP contribution in [0.15, 0.2) is 24.3 Å². The van der Waals surface area contributed by atoms with Gasteiger partial charge in [-0.25, -0.2) is 9.18 Å². The van der Waals surface area contributed by atoms with E-state index in [-0.39, 0.29) is 17.9 Å². The number of piperidine rings is 1. The number of urea groups is 1. The fourth-order valence-corrected chi connectivity index (χ4v) is 3.27. The second kappa shape index (κ2) is 7.09. The summed E-state index contributed by atoms with van der Waals surface area (Å²) in [6.07, 6.45) is 4.23. The van der Waals surface area contributed by atoms with Crippen LogP contribution in [0, 0.1) is 5.82 Å². The highest BCUT2D eigenvalue weighted by Gasteiger charge is 2.24. The lowest BCUT2D eigenvalue weighted by Crippen LogP contribution is -2.48. The van der Waals surface area contributed by atoms with Gasteiger partial charge in [-0.2, -0.15) is 0 Å². The van der Waals surface area contributed by atoms with Crippen molar-refractivity contribution in [2.45, 2.75) is 38.3 Å². The molecule has 0 atom stereocenters. The Morgan fingerprint density at radius 1 is 1.09 bits per heavy atom. The van der Waals surface area contributed by atoms with Gasteiger partial charge in [-0.1, -0.05) is 12.1 Å². The highest BCUT2D eigenvalue weighted by Crippen LogP contribution is 2.15. The predicted octanol–water partition coefficient (Wildman–Crippen LogP) is 2.60. The summed E-state index contributed by atoms with van der Waals surface area (Å²) >= 11 is 0. The molecule has 5 heteroatoms. The second-order valence-corrected chi connectivity index (χ2v) is 6.32. The van der Waals surface area contributed by atoms with Gasteiger partial charge in [0.05, 0.1) is 0 Å². The molecule has 2 amide bonds. The maximum Gasteiger partial charge on any atom is 0.317 e. The van der Waals surface area contributed by atoms with E-state index in [1.54, 1.807) is 0 Å². The molecule has 2 aliphatic rings. The van der Waals surface area contributed by atoms with Crippen LogP contribution in [0.4, 0.5) is 9.18 Å². The average Bonchev–Trinajstić information content (AvgIpc) is 3.06. The topological polar surface area (TPSA) is 35.6 Å². The van der Waals surface area contributed by atoms with Gasteiger partial charge in [0.25, 0.3) is 0 Å². The molecule has 1 aromatic carbocycles. The van der Waals surface area contributed by atoms with Crippen LogP contribution < -0.4 is 5.32 Å². The van der Waals surface area contributed by atoms with Crippen molar-refractivity contribution in [1.29, 1.82) is 0 Å². The van der Waals surface area contributed by atoms with Crippen molar-refractivity contribution in [3.05, 3.63) is 35.6 Å². The zero-order valence-electron chi connectivity index (χ0n) is 12.9. The van der Waals surface area contributed by atoms with E-state index in [2.05, 4.69) is 10.2 Å². The van der Waals surface area contributed by atoms with Gasteiger partial charge in [-0.05, 0) is 43.4 Å². The molecule has 0 aromatic heterocycles. The lowest BCUT2D eigenvalue weighted by atomic mass is 10.0. The molecular weight excluding hydrogens is 281 g/mol. The Morgan fingerprint density at radius 2 is 1.73 bits per heavy atom. The summed E-state index contributed by atoms with van der Waals surface area (Å²) in [7, 11) is 0. The molecule has 0 radical (unpaired) electrons. The van der Waals surface area contributed by atoms with E-state index in [4.69, 9.17) is 0 Å². The minimum Gasteiger partial charge on any atom is -0.335 e. The van der Waals surface area contributed by atoms with E-state index >= 15 is 0 Å². The molecule has 3 rings (SSSR count). The van der Waals surface area contributed by atoms with E-state index in [9.17, 15) is 9.18 Å². The van der Waals surface area contributed by atoms with Crippen LogP contribution in [-0.4, -0.2) is 48.1 Å². The molecule has 4 nitrogen and oxygen atoms in total. The monoisotopic (exact) mass is 305 g/mol. The molecule has 0 saturated carbocycles. The molecular formula is C17H24FN3O. The van der Waals surface area contributed by atoms with Crippen molar-refractivity contribution in [1.82, 2.24) is 15.1 Å². The van der Waals surface area contributed by atoms with Crippen molar-refractivity contribution in [2.75, 3.05) is 26.2 Å². The summed E-state index contributed by atoms with van der Waals surface area (Å²) in [4.78, 5) is 16.4. The van der Waals surface area contributed by atoms with E-state index in [0.29, 0.717) is 0 Å². The molecule has 22 heavy (non-hydrogen) atoms. The number of amides is 2. The molecule has 2 heterocycles. The number of halogens is 1. The maximum absolute atomic E-state index is 12.9. The Labute approximate surface area is 131 Å². The van der Waals surface area contributed by atoms with E-state index < -0.39 is 0 Å². The van der Waals surface area contributed by atoms with Crippen LogP contribution in [0.2, 0.25) is 0 Å². The van der Waals surface area contributed by atoms with Gasteiger partial charge in [0.15, 0.2) is 0 Å². The fraction of sp³-hybridized carbons (Fsp3) is 0.588. The Balaban J connectivity index is 1.42. The van der Waals surface area contributed by atoms with Crippen molar-refractivity contribution in [3.63, 3.8) is 0 Å². The second-order valence-electron chi connectivity index (χ2n) is 6.32. The first-order chi connectivity index (χ1) is 10.7. The summed E-state index contributed by atoms with van der Waals surface area (Å²) in [5, 5.41) is 3.16. The average molecular weight is 305 g/mol. The summed E-state index contributed by atoms with van der Waals surface area (Å²) < 4.78 is 12.9. The van der Waals surface area contributed by atoms with Crippen molar-refractivity contribution < 1.29 is 9.18 Å². The standard InChI is InChI=1S/C17H24FN3O/c18-15-5-3-14(4-6-15)13-20-11-7-16(8-12-20)19-17(22)21-9-1-2-10-21/h3-6,16H,1-2,7-13H2,(H,19,22). The number of benzene rings is 1. The smallest absolute Gasteiger partial charge is 0.317 e. The van der Waals surface area contributed by atoms with Crippen molar-refractivity contribution >= 4 is 6.03 Å². The normalized spacial score (nSPS) is 20.3. The van der Waals surface area contributed by atoms with E-state index in [1.165, 1.54) is 12.1 Å². The third-order valence-electron chi connectivity index (χ3n) is 4.63. The first kappa shape index (κ1) is 15.3. The molecule has 1 N–H and O–H groups in total. The Bertz CT molecular complexity index is 491. The summed E-state index contributed by atoms with van der Waals surface area (Å²) in [5.74, 6) is -0.188. The molecule has 0 aliphatic carbocycles. The van der Waals surface area contributed by atoms with Crippen molar-refractivity contribution in [3.8, 4) is 0 Å². The lowest BCUT2D eigenvalue weighted by Gasteiger charge is -2.33. The minimum absolute atomic E-state index is 0.106. The van der Waals surface area contributed by atoms with Gasteiger partial charge in [0.1, 0.15) is 5.82 Å². The number of carbonyl (C=O) groups is 1. The molecule has 2 fully saturated rings. The zero-order valence-corrected chi connectivity index (χ0v) is 12.9. The quantitative estimate of drug-likeness (QED) is 0.932. The molecule has 0 bridgehead atoms. The van der Waals surface area contributed by atoms with Crippen LogP contribution in [0.25, 0.3) is 0 Å². The lowest BCUT2D eigenvalue weighted by molar-refractivity contribution is 0.174. The van der Waals surface area contributed by atoms with Gasteiger partial charge in [-0.3, -0.25) is 4.90 Å². The van der Waals surface area contributed by atoms with Gasteiger partial charge in [0.2, 0.25) is 0 Å². The molecule has 1 aromatic rings. The highest BCUT2D eigenvalue weighted by molar-refractivity contribution is 5.74. The largest absolute Gasteiger partial charge is 0.335 e. The maximum atomic E-state index is 12.9. The van der Waals surface area contributed by atoms with Crippen LogP contribution >= 0.6 is 0 Å². The van der Waals surface area contributed by atoms with E-state index in [0.717, 1.165) is 64.0 Å². The summed E-state index contributed by atoms with van der Waals surface area (Å²) in [6.45, 7) is 4.60. The predicted molar refractivity (Wildman–Crippen MR) is 84.0 cm³/mol. The Hall–Kier alpha value is -1.62. The Kier molecular flexibility index (Phi) is 4.93. The molecule has 0 spiro atoms. The zero-order chi connectivity index (χ0) is 15.4. The SMILES string of the molecule is O=C(NC1CCN(Cc2ccc(F)cc2)CC1)N1CCCC1. The van der Waals surface area contributed by atoms with Gasteiger partial charge >= 0.3 is 6.03 Å². The van der Waals surface area contributed by atoms with Crippen LogP contribution in [0.3, 0.4) is 0 Å². The van der Waals surface area contributed by atoms with Crippen molar-refractivity contribution in [2.24, 2.45) is 0 Å². The highest BCUT2D eigenvalue weighted by atomic mass is 19.1. The fourth-order valence-electron chi connectivity index (χ4n) is 3.27. The number of carbonyl (C=O) groups excluding carboxylic acids is 1. The third-order valence-corrected chi connectivity index (χ3v) is 4.63. The van der Waals surface area contributed by atoms with Gasteiger partial charge < -0.3 is 10.2 Å². The number of likely N-dealkylation sites (tertiary alicyclic amines) is 2. The van der Waals surface area contributed by atoms with E-state index in [1.807, 2.05) is 17.0 Å². The Morgan fingerprint density at radius 3 is 2.36 bits per heavy atom. The summed E-state index contributed by atoms with van der Waals surface area (Å²) in [5.41, 5.74) is 1.14. The number of nitrogens with one attached hydrogen (secondary N) is 1. The number of hydrogen-bond donors (Lipinski definition) is 1. The molecule has 120 valence electrons. The number of rotatable bonds is 3. The van der Waals surface area contributed by atoms with Crippen LogP contribution in [0.1, 0.15) is 31.2 Å². The third kappa shape index (κ3) is 3.97. The first-order valence-corrected chi connectivity index (χ1v) is 8.23. The molecule has 2 saturated heterocycles. The molecule has 0 unspecified atom stereocenters.